The molecule has 2 N–H and O–H groups in total. The number of nitrogen functional groups attached to an aromatic ring is 1. The van der Waals surface area contributed by atoms with Gasteiger partial charge >= 0.3 is 0 Å². The molecule has 2 heterocycles. The van der Waals surface area contributed by atoms with Crippen molar-refractivity contribution in [2.45, 2.75) is 6.54 Å². The molecule has 1 aromatic heterocycles. The molecule has 0 unspecified atom stereocenters. The largest absolute Gasteiger partial charge is 0.388 e. The summed E-state index contributed by atoms with van der Waals surface area (Å²) in [6, 6.07) is 0. The van der Waals surface area contributed by atoms with Crippen molar-refractivity contribution in [2.24, 2.45) is 0 Å². The van der Waals surface area contributed by atoms with E-state index in [2.05, 4.69) is 14.5 Å². The zero-order chi connectivity index (χ0) is 12.5. The number of aromatic nitrogens is 2. The first kappa shape index (κ1) is 12.7. The van der Waals surface area contributed by atoms with Gasteiger partial charge in [0.05, 0.1) is 6.26 Å². The van der Waals surface area contributed by atoms with Gasteiger partial charge in [0.25, 0.3) is 0 Å². The molecule has 1 aliphatic rings. The molecule has 0 saturated carbocycles. The molecule has 9 heteroatoms. The molecular formula is C8H15N5O2S2. The monoisotopic (exact) mass is 277 g/mol. The second kappa shape index (κ2) is 4.84. The SMILES string of the molecule is CS(=O)(=O)N1CCN(Cc2nnsc2N)CC1. The molecule has 1 fully saturated rings. The van der Waals surface area contributed by atoms with E-state index < -0.39 is 10.0 Å². The molecule has 0 atom stereocenters. The topological polar surface area (TPSA) is 92.4 Å². The van der Waals surface area contributed by atoms with E-state index in [9.17, 15) is 8.42 Å². The molecule has 0 spiro atoms. The van der Waals surface area contributed by atoms with Gasteiger partial charge < -0.3 is 5.73 Å². The number of hydrogen-bond donors (Lipinski definition) is 1. The predicted octanol–water partition coefficient (Wildman–Crippen LogP) is -0.802. The molecule has 0 bridgehead atoms. The fourth-order valence-electron chi connectivity index (χ4n) is 1.76. The summed E-state index contributed by atoms with van der Waals surface area (Å²) in [6.45, 7) is 3.08. The van der Waals surface area contributed by atoms with Gasteiger partial charge in [0, 0.05) is 44.3 Å². The zero-order valence-corrected chi connectivity index (χ0v) is 11.2. The van der Waals surface area contributed by atoms with Gasteiger partial charge in [-0.15, -0.1) is 5.10 Å². The molecule has 1 aromatic rings. The minimum atomic E-state index is -3.06. The van der Waals surface area contributed by atoms with Crippen molar-refractivity contribution in [3.8, 4) is 0 Å². The van der Waals surface area contributed by atoms with Crippen LogP contribution < -0.4 is 5.73 Å². The maximum atomic E-state index is 11.3. The third-order valence-corrected chi connectivity index (χ3v) is 4.66. The van der Waals surface area contributed by atoms with Crippen molar-refractivity contribution in [3.05, 3.63) is 5.69 Å². The van der Waals surface area contributed by atoms with E-state index in [4.69, 9.17) is 5.73 Å². The smallest absolute Gasteiger partial charge is 0.211 e. The van der Waals surface area contributed by atoms with Gasteiger partial charge in [0.15, 0.2) is 0 Å². The Morgan fingerprint density at radius 2 is 2.00 bits per heavy atom. The first-order chi connectivity index (χ1) is 7.97. The average Bonchev–Trinajstić information content (AvgIpc) is 2.64. The minimum Gasteiger partial charge on any atom is -0.388 e. The average molecular weight is 277 g/mol. The van der Waals surface area contributed by atoms with E-state index in [0.717, 1.165) is 5.69 Å². The number of sulfonamides is 1. The van der Waals surface area contributed by atoms with Gasteiger partial charge in [-0.3, -0.25) is 4.90 Å². The Bertz CT molecular complexity index is 478. The number of nitrogens with zero attached hydrogens (tertiary/aromatic N) is 4. The Kier molecular flexibility index (Phi) is 3.61. The Hall–Kier alpha value is -0.770. The molecule has 0 amide bonds. The summed E-state index contributed by atoms with van der Waals surface area (Å²) in [5.41, 5.74) is 6.50. The third kappa shape index (κ3) is 3.12. The second-order valence-electron chi connectivity index (χ2n) is 4.02. The van der Waals surface area contributed by atoms with Crippen molar-refractivity contribution in [1.29, 1.82) is 0 Å². The quantitative estimate of drug-likeness (QED) is 0.777. The van der Waals surface area contributed by atoms with Gasteiger partial charge in [0.1, 0.15) is 10.7 Å². The Morgan fingerprint density at radius 1 is 1.35 bits per heavy atom. The molecule has 0 aliphatic carbocycles. The van der Waals surface area contributed by atoms with Gasteiger partial charge in [-0.1, -0.05) is 4.49 Å². The number of piperazine rings is 1. The first-order valence-electron chi connectivity index (χ1n) is 5.21. The van der Waals surface area contributed by atoms with Gasteiger partial charge in [-0.25, -0.2) is 8.42 Å². The zero-order valence-electron chi connectivity index (χ0n) is 9.53. The predicted molar refractivity (Wildman–Crippen MR) is 66.0 cm³/mol. The summed E-state index contributed by atoms with van der Waals surface area (Å²) >= 11 is 1.18. The van der Waals surface area contributed by atoms with E-state index in [1.807, 2.05) is 0 Å². The summed E-state index contributed by atoms with van der Waals surface area (Å²) in [5, 5.41) is 4.58. The highest BCUT2D eigenvalue weighted by Crippen LogP contribution is 2.16. The van der Waals surface area contributed by atoms with Crippen molar-refractivity contribution in [2.75, 3.05) is 38.2 Å². The van der Waals surface area contributed by atoms with Crippen molar-refractivity contribution >= 4 is 26.6 Å². The van der Waals surface area contributed by atoms with Crippen molar-refractivity contribution in [1.82, 2.24) is 18.8 Å². The van der Waals surface area contributed by atoms with Crippen LogP contribution in [-0.4, -0.2) is 59.6 Å². The lowest BCUT2D eigenvalue weighted by molar-refractivity contribution is 0.180. The third-order valence-electron chi connectivity index (χ3n) is 2.76. The lowest BCUT2D eigenvalue weighted by atomic mass is 10.3. The lowest BCUT2D eigenvalue weighted by Crippen LogP contribution is -2.47. The van der Waals surface area contributed by atoms with E-state index in [-0.39, 0.29) is 0 Å². The van der Waals surface area contributed by atoms with Crippen LogP contribution in [0.5, 0.6) is 0 Å². The van der Waals surface area contributed by atoms with Crippen LogP contribution in [0.4, 0.5) is 5.00 Å². The number of hydrogen-bond acceptors (Lipinski definition) is 7. The molecular weight excluding hydrogens is 262 g/mol. The highest BCUT2D eigenvalue weighted by atomic mass is 32.2. The Balaban J connectivity index is 1.90. The van der Waals surface area contributed by atoms with Crippen LogP contribution in [-0.2, 0) is 16.6 Å². The van der Waals surface area contributed by atoms with Gasteiger partial charge in [0.2, 0.25) is 10.0 Å². The molecule has 96 valence electrons. The van der Waals surface area contributed by atoms with Crippen LogP contribution in [0.3, 0.4) is 0 Å². The maximum Gasteiger partial charge on any atom is 0.211 e. The summed E-state index contributed by atoms with van der Waals surface area (Å²) in [6.07, 6.45) is 1.24. The van der Waals surface area contributed by atoms with Crippen LogP contribution in [0.2, 0.25) is 0 Å². The van der Waals surface area contributed by atoms with Crippen LogP contribution in [0.25, 0.3) is 0 Å². The summed E-state index contributed by atoms with van der Waals surface area (Å²) in [7, 11) is -3.06. The molecule has 17 heavy (non-hydrogen) atoms. The maximum absolute atomic E-state index is 11.3. The van der Waals surface area contributed by atoms with Crippen LogP contribution in [0, 0.1) is 0 Å². The van der Waals surface area contributed by atoms with Gasteiger partial charge in [-0.05, 0) is 0 Å². The number of rotatable bonds is 3. The standard InChI is InChI=1S/C8H15N5O2S2/c1-17(14,15)13-4-2-12(3-5-13)6-7-8(9)16-11-10-7/h2-6,9H2,1H3. The molecule has 2 rings (SSSR count). The molecule has 0 aromatic carbocycles. The second-order valence-corrected chi connectivity index (χ2v) is 6.79. The highest BCUT2D eigenvalue weighted by molar-refractivity contribution is 7.88. The highest BCUT2D eigenvalue weighted by Gasteiger charge is 2.24. The Morgan fingerprint density at radius 3 is 2.47 bits per heavy atom. The van der Waals surface area contributed by atoms with E-state index in [1.54, 1.807) is 0 Å². The summed E-state index contributed by atoms with van der Waals surface area (Å²) in [4.78, 5) is 2.13. The van der Waals surface area contributed by atoms with Crippen LogP contribution in [0.15, 0.2) is 0 Å². The Labute approximate surface area is 104 Å². The van der Waals surface area contributed by atoms with Crippen molar-refractivity contribution < 1.29 is 8.42 Å². The van der Waals surface area contributed by atoms with E-state index in [1.165, 1.54) is 22.1 Å². The number of nitrogens with two attached hydrogens (primary N) is 1. The minimum absolute atomic E-state index is 0.524. The van der Waals surface area contributed by atoms with Crippen molar-refractivity contribution in [3.63, 3.8) is 0 Å². The van der Waals surface area contributed by atoms with E-state index in [0.29, 0.717) is 37.7 Å². The van der Waals surface area contributed by atoms with E-state index >= 15 is 0 Å². The molecule has 7 nitrogen and oxygen atoms in total. The fraction of sp³-hybridized carbons (Fsp3) is 0.750. The normalized spacial score (nSPS) is 19.6. The van der Waals surface area contributed by atoms with Gasteiger partial charge in [-0.2, -0.15) is 4.31 Å². The number of anilines is 1. The lowest BCUT2D eigenvalue weighted by Gasteiger charge is -2.32. The first-order valence-corrected chi connectivity index (χ1v) is 7.83. The fourth-order valence-corrected chi connectivity index (χ4v) is 3.02. The molecule has 1 aliphatic heterocycles. The molecule has 0 radical (unpaired) electrons. The van der Waals surface area contributed by atoms with Crippen LogP contribution >= 0.6 is 11.5 Å². The van der Waals surface area contributed by atoms with Crippen LogP contribution in [0.1, 0.15) is 5.69 Å². The summed E-state index contributed by atoms with van der Waals surface area (Å²) < 4.78 is 27.9. The summed E-state index contributed by atoms with van der Waals surface area (Å²) in [5.74, 6) is 0. The molecule has 1 saturated heterocycles.